The Kier molecular flexibility index (Phi) is 6.41. The van der Waals surface area contributed by atoms with E-state index in [2.05, 4.69) is 25.1 Å². The molecule has 5 heteroatoms. The number of sulfonamides is 1. The molecule has 168 valence electrons. The Bertz CT molecular complexity index is 646. The van der Waals surface area contributed by atoms with Gasteiger partial charge in [0.25, 0.3) is 0 Å². The van der Waals surface area contributed by atoms with Crippen molar-refractivity contribution in [2.24, 2.45) is 16.7 Å². The van der Waals surface area contributed by atoms with E-state index >= 15 is 0 Å². The average Bonchev–Trinajstić information content (AvgIpc) is 3.04. The summed E-state index contributed by atoms with van der Waals surface area (Å²) in [7, 11) is -3.32. The van der Waals surface area contributed by atoms with E-state index in [0.29, 0.717) is 18.3 Å². The van der Waals surface area contributed by atoms with E-state index in [1.165, 1.54) is 44.9 Å². The van der Waals surface area contributed by atoms with Crippen molar-refractivity contribution in [3.05, 3.63) is 0 Å². The highest BCUT2D eigenvalue weighted by atomic mass is 32.2. The van der Waals surface area contributed by atoms with E-state index in [1.54, 1.807) is 0 Å². The Balaban J connectivity index is 1.64. The van der Waals surface area contributed by atoms with Gasteiger partial charge in [-0.05, 0) is 63.2 Å². The molecule has 0 aromatic rings. The molecule has 4 aliphatic carbocycles. The maximum Gasteiger partial charge on any atom is 0.215 e. The van der Waals surface area contributed by atoms with Crippen LogP contribution in [0.5, 0.6) is 0 Å². The fraction of sp³-hybridized carbons (Fsp3) is 1.00. The van der Waals surface area contributed by atoms with Crippen molar-refractivity contribution in [2.75, 3.05) is 12.4 Å². The van der Waals surface area contributed by atoms with Gasteiger partial charge in [0, 0.05) is 24.1 Å². The number of hydrogen-bond acceptors (Lipinski definition) is 3. The van der Waals surface area contributed by atoms with Gasteiger partial charge in [-0.1, -0.05) is 52.4 Å². The number of nitrogens with zero attached hydrogens (tertiary/aromatic N) is 1. The third-order valence-electron chi connectivity index (χ3n) is 9.36. The maximum atomic E-state index is 14.2. The largest absolute Gasteiger partial charge is 0.378 e. The minimum atomic E-state index is -3.32. The van der Waals surface area contributed by atoms with Crippen LogP contribution < -0.4 is 0 Å². The molecule has 0 aromatic heterocycles. The minimum Gasteiger partial charge on any atom is -0.378 e. The van der Waals surface area contributed by atoms with Crippen molar-refractivity contribution in [1.29, 1.82) is 0 Å². The molecule has 4 nitrogen and oxygen atoms in total. The van der Waals surface area contributed by atoms with Crippen molar-refractivity contribution in [3.63, 3.8) is 0 Å². The summed E-state index contributed by atoms with van der Waals surface area (Å²) >= 11 is 0. The van der Waals surface area contributed by atoms with Crippen molar-refractivity contribution in [2.45, 2.75) is 122 Å². The molecule has 4 rings (SSSR count). The fourth-order valence-corrected chi connectivity index (χ4v) is 10.4. The summed E-state index contributed by atoms with van der Waals surface area (Å²) in [6, 6.07) is 0.473. The van der Waals surface area contributed by atoms with Crippen LogP contribution in [0.2, 0.25) is 0 Å². The van der Waals surface area contributed by atoms with Gasteiger partial charge in [-0.15, -0.1) is 0 Å². The van der Waals surface area contributed by atoms with Crippen molar-refractivity contribution >= 4 is 10.0 Å². The highest BCUT2D eigenvalue weighted by Crippen LogP contribution is 2.67. The molecule has 0 N–H and O–H groups in total. The summed E-state index contributed by atoms with van der Waals surface area (Å²) in [6.45, 7) is 7.39. The number of rotatable bonds is 7. The second-order valence-electron chi connectivity index (χ2n) is 11.0. The van der Waals surface area contributed by atoms with Crippen LogP contribution in [0.1, 0.15) is 104 Å². The third kappa shape index (κ3) is 3.82. The molecule has 0 aliphatic heterocycles. The Morgan fingerprint density at radius 1 is 0.897 bits per heavy atom. The first-order valence-electron chi connectivity index (χ1n) is 12.4. The van der Waals surface area contributed by atoms with E-state index in [4.69, 9.17) is 4.74 Å². The molecule has 0 heterocycles. The average molecular weight is 426 g/mol. The lowest BCUT2D eigenvalue weighted by molar-refractivity contribution is -0.0401. The smallest absolute Gasteiger partial charge is 0.215 e. The Hall–Kier alpha value is -0.130. The highest BCUT2D eigenvalue weighted by Gasteiger charge is 2.66. The van der Waals surface area contributed by atoms with Gasteiger partial charge in [0.05, 0.1) is 11.9 Å². The van der Waals surface area contributed by atoms with Crippen LogP contribution in [0.15, 0.2) is 0 Å². The van der Waals surface area contributed by atoms with E-state index in [9.17, 15) is 8.42 Å². The van der Waals surface area contributed by atoms with Gasteiger partial charge in [0.15, 0.2) is 0 Å². The van der Waals surface area contributed by atoms with Crippen LogP contribution in [-0.2, 0) is 14.8 Å². The van der Waals surface area contributed by atoms with Crippen LogP contribution in [0.25, 0.3) is 0 Å². The molecule has 0 aromatic carbocycles. The molecular formula is C24H43NO3S. The number of fused-ring (bicyclic) bond motifs is 2. The van der Waals surface area contributed by atoms with E-state index < -0.39 is 10.0 Å². The Morgan fingerprint density at radius 3 is 1.93 bits per heavy atom. The lowest BCUT2D eigenvalue weighted by Crippen LogP contribution is -2.54. The SMILES string of the molecule is CCOC1CC2CCC1(CS(=O)(=O)N(C1CCCCC1)C1CCCCC1)C2(C)C. The van der Waals surface area contributed by atoms with Crippen molar-refractivity contribution in [3.8, 4) is 0 Å². The standard InChI is InChI=1S/C24H43NO3S/c1-4-28-22-17-19-15-16-24(22,23(19,2)3)18-29(26,27)25(20-11-7-5-8-12-20)21-13-9-6-10-14-21/h19-22H,4-18H2,1-3H3. The van der Waals surface area contributed by atoms with Crippen molar-refractivity contribution in [1.82, 2.24) is 4.31 Å². The molecule has 4 saturated carbocycles. The zero-order chi connectivity index (χ0) is 20.7. The lowest BCUT2D eigenvalue weighted by atomic mass is 9.69. The lowest BCUT2D eigenvalue weighted by Gasteiger charge is -2.46. The first kappa shape index (κ1) is 22.1. The first-order valence-corrected chi connectivity index (χ1v) is 14.1. The summed E-state index contributed by atoms with van der Waals surface area (Å²) in [5.41, 5.74) is -0.168. The maximum absolute atomic E-state index is 14.2. The molecule has 0 radical (unpaired) electrons. The molecule has 4 fully saturated rings. The normalized spacial score (nSPS) is 36.1. The summed E-state index contributed by atoms with van der Waals surface area (Å²) < 4.78 is 36.6. The van der Waals surface area contributed by atoms with Gasteiger partial charge in [-0.2, -0.15) is 4.31 Å². The van der Waals surface area contributed by atoms with Gasteiger partial charge in [-0.3, -0.25) is 0 Å². The van der Waals surface area contributed by atoms with E-state index in [1.807, 2.05) is 0 Å². The molecule has 2 bridgehead atoms. The predicted molar refractivity (Wildman–Crippen MR) is 118 cm³/mol. The topological polar surface area (TPSA) is 46.6 Å². The van der Waals surface area contributed by atoms with Crippen LogP contribution >= 0.6 is 0 Å². The summed E-state index contributed by atoms with van der Waals surface area (Å²) in [4.78, 5) is 0. The van der Waals surface area contributed by atoms with E-state index in [-0.39, 0.29) is 29.0 Å². The van der Waals surface area contributed by atoms with Gasteiger partial charge >= 0.3 is 0 Å². The summed E-state index contributed by atoms with van der Waals surface area (Å²) in [5.74, 6) is 0.910. The summed E-state index contributed by atoms with van der Waals surface area (Å²) in [5, 5.41) is 0. The fourth-order valence-electron chi connectivity index (χ4n) is 7.60. The monoisotopic (exact) mass is 425 g/mol. The molecule has 0 amide bonds. The molecule has 0 spiro atoms. The van der Waals surface area contributed by atoms with Crippen LogP contribution in [-0.4, -0.2) is 43.3 Å². The zero-order valence-corrected chi connectivity index (χ0v) is 19.8. The number of hydrogen-bond donors (Lipinski definition) is 0. The Morgan fingerprint density at radius 2 is 1.45 bits per heavy atom. The van der Waals surface area contributed by atoms with E-state index in [0.717, 1.165) is 38.5 Å². The van der Waals surface area contributed by atoms with Gasteiger partial charge in [0.1, 0.15) is 0 Å². The quantitative estimate of drug-likeness (QED) is 0.540. The molecule has 4 aliphatic rings. The van der Waals surface area contributed by atoms with Crippen LogP contribution in [0, 0.1) is 16.7 Å². The van der Waals surface area contributed by atoms with Gasteiger partial charge < -0.3 is 4.74 Å². The minimum absolute atomic E-state index is 0.0463. The third-order valence-corrected chi connectivity index (χ3v) is 11.5. The zero-order valence-electron chi connectivity index (χ0n) is 19.0. The second kappa shape index (κ2) is 8.43. The van der Waals surface area contributed by atoms with Gasteiger partial charge in [-0.25, -0.2) is 8.42 Å². The van der Waals surface area contributed by atoms with Gasteiger partial charge in [0.2, 0.25) is 10.0 Å². The molecule has 3 atom stereocenters. The molecular weight excluding hydrogens is 382 g/mol. The predicted octanol–water partition coefficient (Wildman–Crippen LogP) is 5.52. The number of ether oxygens (including phenoxy) is 1. The summed E-state index contributed by atoms with van der Waals surface area (Å²) in [6.07, 6.45) is 14.8. The molecule has 3 unspecified atom stereocenters. The highest BCUT2D eigenvalue weighted by molar-refractivity contribution is 7.89. The van der Waals surface area contributed by atoms with Crippen molar-refractivity contribution < 1.29 is 13.2 Å². The molecule has 29 heavy (non-hydrogen) atoms. The van der Waals surface area contributed by atoms with Crippen LogP contribution in [0.3, 0.4) is 0 Å². The first-order chi connectivity index (χ1) is 13.8. The van der Waals surface area contributed by atoms with Crippen LogP contribution in [0.4, 0.5) is 0 Å². The molecule has 0 saturated heterocycles. The second-order valence-corrected chi connectivity index (χ2v) is 12.8. The Labute approximate surface area is 179 Å².